The van der Waals surface area contributed by atoms with Crippen LogP contribution >= 0.6 is 11.6 Å². The van der Waals surface area contributed by atoms with E-state index in [1.807, 2.05) is 18.2 Å². The number of nitrogens with two attached hydrogens (primary N) is 1. The molecule has 0 aliphatic rings. The largest absolute Gasteiger partial charge is 0.493 e. The van der Waals surface area contributed by atoms with Gasteiger partial charge in [0.2, 0.25) is 5.91 Å². The summed E-state index contributed by atoms with van der Waals surface area (Å²) >= 11 is 6.26. The monoisotopic (exact) mass is 473 g/mol. The Balaban J connectivity index is 1.87. The number of carbonyl (C=O) groups excluding carboxylic acids is 1. The second-order valence-corrected chi connectivity index (χ2v) is 7.19. The number of carbonyl (C=O) groups is 1. The topological polar surface area (TPSA) is 76.7 Å². The molecule has 0 unspecified atom stereocenters. The number of methoxy groups -OCH3 is 1. The van der Waals surface area contributed by atoms with Crippen molar-refractivity contribution in [3.8, 4) is 5.75 Å². The van der Waals surface area contributed by atoms with E-state index in [1.165, 1.54) is 37.4 Å². The molecule has 0 saturated heterocycles. The first kappa shape index (κ1) is 23.9. The number of halogens is 4. The zero-order chi connectivity index (χ0) is 24.0. The van der Waals surface area contributed by atoms with Crippen LogP contribution in [-0.2, 0) is 11.0 Å². The lowest BCUT2D eigenvalue weighted by molar-refractivity contribution is -0.137. The van der Waals surface area contributed by atoms with Crippen molar-refractivity contribution in [2.45, 2.75) is 6.18 Å². The van der Waals surface area contributed by atoms with Gasteiger partial charge in [0.1, 0.15) is 5.84 Å². The number of hydrogen-bond donors (Lipinski definition) is 2. The van der Waals surface area contributed by atoms with Crippen LogP contribution in [0.4, 0.5) is 24.5 Å². The maximum atomic E-state index is 13.1. The van der Waals surface area contributed by atoms with E-state index in [0.717, 1.165) is 18.2 Å². The summed E-state index contributed by atoms with van der Waals surface area (Å²) in [5.74, 6) is -0.275. The van der Waals surface area contributed by atoms with E-state index < -0.39 is 17.6 Å². The predicted molar refractivity (Wildman–Crippen MR) is 124 cm³/mol. The predicted octanol–water partition coefficient (Wildman–Crippen LogP) is 6.06. The smallest absolute Gasteiger partial charge is 0.416 e. The van der Waals surface area contributed by atoms with Crippen LogP contribution < -0.4 is 15.8 Å². The van der Waals surface area contributed by atoms with E-state index in [0.29, 0.717) is 11.3 Å². The standard InChI is InChI=1S/C24H19ClF3N3O2/c1-33-22-19(25)13-17(30-23(29)16-8-3-2-4-9-16)14-20(22)31-21(32)12-11-15-7-5-6-10-18(15)24(26,27)28/h2-14H,1H3,(H2,29,30)(H,31,32)/b12-11+. The molecule has 1 amide bonds. The van der Waals surface area contributed by atoms with Gasteiger partial charge in [0.15, 0.2) is 5.75 Å². The second-order valence-electron chi connectivity index (χ2n) is 6.78. The number of anilines is 1. The van der Waals surface area contributed by atoms with Gasteiger partial charge in [0.25, 0.3) is 0 Å². The molecule has 3 N–H and O–H groups in total. The number of benzene rings is 3. The summed E-state index contributed by atoms with van der Waals surface area (Å²) in [6, 6.07) is 17.0. The van der Waals surface area contributed by atoms with E-state index in [9.17, 15) is 18.0 Å². The van der Waals surface area contributed by atoms with Gasteiger partial charge in [-0.2, -0.15) is 13.2 Å². The highest BCUT2D eigenvalue weighted by Gasteiger charge is 2.32. The molecule has 3 aromatic carbocycles. The molecule has 0 atom stereocenters. The minimum atomic E-state index is -4.54. The molecule has 5 nitrogen and oxygen atoms in total. The van der Waals surface area contributed by atoms with Crippen LogP contribution in [-0.4, -0.2) is 18.9 Å². The van der Waals surface area contributed by atoms with Gasteiger partial charge in [-0.1, -0.05) is 60.1 Å². The fourth-order valence-corrected chi connectivity index (χ4v) is 3.29. The summed E-state index contributed by atoms with van der Waals surface area (Å²) in [5, 5.41) is 2.73. The first-order valence-corrected chi connectivity index (χ1v) is 9.99. The highest BCUT2D eigenvalue weighted by Crippen LogP contribution is 2.37. The number of alkyl halides is 3. The highest BCUT2D eigenvalue weighted by atomic mass is 35.5. The summed E-state index contributed by atoms with van der Waals surface area (Å²) < 4.78 is 44.7. The lowest BCUT2D eigenvalue weighted by atomic mass is 10.1. The van der Waals surface area contributed by atoms with Crippen molar-refractivity contribution in [2.24, 2.45) is 10.7 Å². The molecule has 0 aliphatic heterocycles. The zero-order valence-electron chi connectivity index (χ0n) is 17.4. The fraction of sp³-hybridized carbons (Fsp3) is 0.0833. The number of nitrogens with zero attached hydrogens (tertiary/aromatic N) is 1. The Morgan fingerprint density at radius 1 is 1.09 bits per heavy atom. The number of amides is 1. The van der Waals surface area contributed by atoms with Gasteiger partial charge in [0.05, 0.1) is 29.1 Å². The molecule has 0 heterocycles. The molecule has 3 aromatic rings. The van der Waals surface area contributed by atoms with Crippen molar-refractivity contribution in [1.82, 2.24) is 0 Å². The van der Waals surface area contributed by atoms with E-state index in [4.69, 9.17) is 22.1 Å². The Morgan fingerprint density at radius 2 is 1.76 bits per heavy atom. The summed E-state index contributed by atoms with van der Waals surface area (Å²) in [4.78, 5) is 16.8. The molecule has 170 valence electrons. The minimum Gasteiger partial charge on any atom is -0.493 e. The summed E-state index contributed by atoms with van der Waals surface area (Å²) in [6.07, 6.45) is -2.47. The number of ether oxygens (including phenoxy) is 1. The maximum absolute atomic E-state index is 13.1. The maximum Gasteiger partial charge on any atom is 0.416 e. The first-order valence-electron chi connectivity index (χ1n) is 9.61. The molecule has 0 spiro atoms. The van der Waals surface area contributed by atoms with Crippen molar-refractivity contribution in [1.29, 1.82) is 0 Å². The van der Waals surface area contributed by atoms with Gasteiger partial charge in [-0.25, -0.2) is 4.99 Å². The Bertz CT molecular complexity index is 1210. The first-order chi connectivity index (χ1) is 15.7. The van der Waals surface area contributed by atoms with Gasteiger partial charge in [-0.3, -0.25) is 4.79 Å². The van der Waals surface area contributed by atoms with Crippen LogP contribution in [0.15, 0.2) is 77.8 Å². The van der Waals surface area contributed by atoms with E-state index in [-0.39, 0.29) is 27.9 Å². The van der Waals surface area contributed by atoms with Crippen LogP contribution in [0.5, 0.6) is 5.75 Å². The number of aliphatic imine (C=N–C) groups is 1. The molecule has 0 fully saturated rings. The van der Waals surface area contributed by atoms with Crippen LogP contribution in [0.2, 0.25) is 5.02 Å². The number of nitrogens with one attached hydrogen (secondary N) is 1. The SMILES string of the molecule is COc1c(Cl)cc(N=C(N)c2ccccc2)cc1NC(=O)/C=C/c1ccccc1C(F)(F)F. The van der Waals surface area contributed by atoms with Gasteiger partial charge in [-0.05, 0) is 29.8 Å². The second kappa shape index (κ2) is 10.2. The molecule has 3 rings (SSSR count). The molecule has 0 radical (unpaired) electrons. The molecule has 9 heteroatoms. The Kier molecular flexibility index (Phi) is 7.40. The number of hydrogen-bond acceptors (Lipinski definition) is 3. The van der Waals surface area contributed by atoms with Crippen LogP contribution in [0.3, 0.4) is 0 Å². The van der Waals surface area contributed by atoms with Crippen molar-refractivity contribution < 1.29 is 22.7 Å². The van der Waals surface area contributed by atoms with Gasteiger partial charge >= 0.3 is 6.18 Å². The fourth-order valence-electron chi connectivity index (χ4n) is 3.00. The molecule has 0 aromatic heterocycles. The normalized spacial score (nSPS) is 12.1. The van der Waals surface area contributed by atoms with Crippen LogP contribution in [0.1, 0.15) is 16.7 Å². The molecule has 33 heavy (non-hydrogen) atoms. The average molecular weight is 474 g/mol. The lowest BCUT2D eigenvalue weighted by Crippen LogP contribution is -2.12. The summed E-state index contributed by atoms with van der Waals surface area (Å²) in [6.45, 7) is 0. The van der Waals surface area contributed by atoms with Gasteiger partial charge in [-0.15, -0.1) is 0 Å². The molecule has 0 aliphatic carbocycles. The third-order valence-electron chi connectivity index (χ3n) is 4.49. The van der Waals surface area contributed by atoms with Gasteiger partial charge in [0, 0.05) is 11.6 Å². The summed E-state index contributed by atoms with van der Waals surface area (Å²) in [5.41, 5.74) is 6.29. The Morgan fingerprint density at radius 3 is 2.42 bits per heavy atom. The van der Waals surface area contributed by atoms with Gasteiger partial charge < -0.3 is 15.8 Å². The van der Waals surface area contributed by atoms with Crippen molar-refractivity contribution in [3.05, 3.63) is 94.5 Å². The average Bonchev–Trinajstić information content (AvgIpc) is 2.78. The third-order valence-corrected chi connectivity index (χ3v) is 4.77. The lowest BCUT2D eigenvalue weighted by Gasteiger charge is -2.12. The quantitative estimate of drug-likeness (QED) is 0.260. The Labute approximate surface area is 193 Å². The molecule has 0 saturated carbocycles. The van der Waals surface area contributed by atoms with E-state index in [2.05, 4.69) is 10.3 Å². The highest BCUT2D eigenvalue weighted by molar-refractivity contribution is 6.33. The van der Waals surface area contributed by atoms with E-state index in [1.54, 1.807) is 12.1 Å². The third kappa shape index (κ3) is 6.14. The summed E-state index contributed by atoms with van der Waals surface area (Å²) in [7, 11) is 1.37. The molecular weight excluding hydrogens is 455 g/mol. The minimum absolute atomic E-state index is 0.140. The Hall–Kier alpha value is -3.78. The van der Waals surface area contributed by atoms with Crippen LogP contribution in [0.25, 0.3) is 6.08 Å². The van der Waals surface area contributed by atoms with Crippen molar-refractivity contribution >= 4 is 40.8 Å². The molecule has 0 bridgehead atoms. The van der Waals surface area contributed by atoms with Crippen molar-refractivity contribution in [3.63, 3.8) is 0 Å². The van der Waals surface area contributed by atoms with E-state index >= 15 is 0 Å². The molecular formula is C24H19ClF3N3O2. The number of rotatable bonds is 6. The van der Waals surface area contributed by atoms with Crippen LogP contribution in [0, 0.1) is 0 Å². The van der Waals surface area contributed by atoms with Crippen molar-refractivity contribution in [2.75, 3.05) is 12.4 Å². The number of amidine groups is 1. The zero-order valence-corrected chi connectivity index (χ0v) is 18.1.